The van der Waals surface area contributed by atoms with E-state index >= 15 is 0 Å². The average molecular weight is 544 g/mol. The molecule has 0 saturated carbocycles. The lowest BCUT2D eigenvalue weighted by Crippen LogP contribution is -2.35. The van der Waals surface area contributed by atoms with Crippen LogP contribution in [0.3, 0.4) is 0 Å². The fourth-order valence-electron chi connectivity index (χ4n) is 3.49. The molecule has 0 fully saturated rings. The van der Waals surface area contributed by atoms with Crippen LogP contribution in [-0.2, 0) is 6.54 Å². The Balaban J connectivity index is 0.00000216. The zero-order chi connectivity index (χ0) is 28.9. The maximum Gasteiger partial charge on any atom is 0.343 e. The van der Waals surface area contributed by atoms with Crippen LogP contribution >= 0.6 is 0 Å². The molecule has 0 N–H and O–H groups in total. The molecular formula is C32H35N2O6+. The molecule has 0 bridgehead atoms. The van der Waals surface area contributed by atoms with Crippen molar-refractivity contribution >= 4 is 17.6 Å². The lowest BCUT2D eigenvalue weighted by atomic mass is 10.2. The first kappa shape index (κ1) is 29.7. The van der Waals surface area contributed by atoms with Gasteiger partial charge in [0.2, 0.25) is 0 Å². The molecule has 0 atom stereocenters. The van der Waals surface area contributed by atoms with Crippen molar-refractivity contribution in [2.24, 2.45) is 0 Å². The molecule has 0 saturated heterocycles. The number of nitrogens with zero attached hydrogens (tertiary/aromatic N) is 2. The Bertz CT molecular complexity index is 1350. The summed E-state index contributed by atoms with van der Waals surface area (Å²) in [7, 11) is 5.56. The standard InChI is InChI=1S/C30H29N2O6.C2H6/c1-31(2)24-16-18-32(19-17-24)20-21-36-26-10-6-23(7-11-26)30(34)38-28-14-12-27(13-15-28)37-29(33)22-4-8-25(35-3)9-5-22;1-2/h4-19H,20-21H2,1-3H3;1-2H3/q+1;. The molecule has 1 aromatic heterocycles. The molecule has 0 radical (unpaired) electrons. The van der Waals surface area contributed by atoms with E-state index in [0.717, 1.165) is 5.69 Å². The molecule has 0 aliphatic rings. The SMILES string of the molecule is CC.COc1ccc(C(=O)Oc2ccc(OC(=O)c3ccc(OCC[n+]4ccc(N(C)C)cc4)cc3)cc2)cc1. The third kappa shape index (κ3) is 8.59. The van der Waals surface area contributed by atoms with Crippen LogP contribution in [0.1, 0.15) is 34.6 Å². The summed E-state index contributed by atoms with van der Waals surface area (Å²) in [6.07, 6.45) is 4.02. The number of carbonyl (C=O) groups is 2. The van der Waals surface area contributed by atoms with Crippen LogP contribution in [0.25, 0.3) is 0 Å². The minimum Gasteiger partial charge on any atom is -0.497 e. The molecule has 8 nitrogen and oxygen atoms in total. The van der Waals surface area contributed by atoms with Gasteiger partial charge in [-0.05, 0) is 72.8 Å². The molecule has 4 aromatic rings. The number of esters is 2. The number of hydrogen-bond acceptors (Lipinski definition) is 7. The normalized spacial score (nSPS) is 10.0. The van der Waals surface area contributed by atoms with Crippen molar-refractivity contribution in [3.63, 3.8) is 0 Å². The van der Waals surface area contributed by atoms with E-state index < -0.39 is 11.9 Å². The van der Waals surface area contributed by atoms with E-state index in [1.165, 1.54) is 0 Å². The first-order chi connectivity index (χ1) is 19.4. The third-order valence-electron chi connectivity index (χ3n) is 5.67. The molecule has 208 valence electrons. The molecule has 4 rings (SSSR count). The molecule has 0 amide bonds. The quantitative estimate of drug-likeness (QED) is 0.147. The van der Waals surface area contributed by atoms with Crippen LogP contribution in [-0.4, -0.2) is 39.8 Å². The number of aromatic nitrogens is 1. The first-order valence-electron chi connectivity index (χ1n) is 13.0. The third-order valence-corrected chi connectivity index (χ3v) is 5.67. The minimum absolute atomic E-state index is 0.330. The Hall–Kier alpha value is -4.85. The van der Waals surface area contributed by atoms with Gasteiger partial charge in [0.1, 0.15) is 29.6 Å². The summed E-state index contributed by atoms with van der Waals surface area (Å²) in [5, 5.41) is 0. The Morgan fingerprint density at radius 1 is 0.650 bits per heavy atom. The second-order valence-corrected chi connectivity index (χ2v) is 8.54. The maximum absolute atomic E-state index is 12.5. The van der Waals surface area contributed by atoms with Gasteiger partial charge in [0.25, 0.3) is 0 Å². The van der Waals surface area contributed by atoms with Crippen molar-refractivity contribution < 1.29 is 33.1 Å². The largest absolute Gasteiger partial charge is 0.497 e. The van der Waals surface area contributed by atoms with Gasteiger partial charge in [-0.2, -0.15) is 0 Å². The molecule has 0 unspecified atom stereocenters. The van der Waals surface area contributed by atoms with Gasteiger partial charge in [-0.3, -0.25) is 0 Å². The second kappa shape index (κ2) is 14.9. The number of rotatable bonds is 10. The second-order valence-electron chi connectivity index (χ2n) is 8.54. The van der Waals surface area contributed by atoms with Crippen molar-refractivity contribution in [3.05, 3.63) is 108 Å². The molecular weight excluding hydrogens is 508 g/mol. The van der Waals surface area contributed by atoms with Crippen molar-refractivity contribution in [3.8, 4) is 23.0 Å². The summed E-state index contributed by atoms with van der Waals surface area (Å²) in [5.41, 5.74) is 1.92. The summed E-state index contributed by atoms with van der Waals surface area (Å²) in [5.74, 6) is 0.971. The zero-order valence-electron chi connectivity index (χ0n) is 23.5. The number of hydrogen-bond donors (Lipinski definition) is 0. The number of methoxy groups -OCH3 is 1. The van der Waals surface area contributed by atoms with Crippen LogP contribution in [0.5, 0.6) is 23.0 Å². The summed E-state index contributed by atoms with van der Waals surface area (Å²) < 4.78 is 23.7. The predicted octanol–water partition coefficient (Wildman–Crippen LogP) is 5.59. The Morgan fingerprint density at radius 2 is 1.07 bits per heavy atom. The van der Waals surface area contributed by atoms with Crippen molar-refractivity contribution in [2.45, 2.75) is 20.4 Å². The van der Waals surface area contributed by atoms with Crippen LogP contribution in [0.4, 0.5) is 5.69 Å². The fraction of sp³-hybridized carbons (Fsp3) is 0.219. The summed E-state index contributed by atoms with van der Waals surface area (Å²) in [6.45, 7) is 5.19. The van der Waals surface area contributed by atoms with Crippen LogP contribution in [0.15, 0.2) is 97.3 Å². The lowest BCUT2D eigenvalue weighted by Gasteiger charge is -2.10. The minimum atomic E-state index is -0.504. The number of anilines is 1. The summed E-state index contributed by atoms with van der Waals surface area (Å²) >= 11 is 0. The predicted molar refractivity (Wildman–Crippen MR) is 154 cm³/mol. The van der Waals surface area contributed by atoms with Gasteiger partial charge in [0.15, 0.2) is 18.9 Å². The highest BCUT2D eigenvalue weighted by Gasteiger charge is 2.12. The highest BCUT2D eigenvalue weighted by atomic mass is 16.5. The van der Waals surface area contributed by atoms with Crippen molar-refractivity contribution in [1.29, 1.82) is 0 Å². The van der Waals surface area contributed by atoms with Crippen LogP contribution in [0.2, 0.25) is 0 Å². The molecule has 1 heterocycles. The average Bonchev–Trinajstić information content (AvgIpc) is 2.99. The number of benzene rings is 3. The van der Waals surface area contributed by atoms with E-state index in [4.69, 9.17) is 18.9 Å². The molecule has 8 heteroatoms. The monoisotopic (exact) mass is 543 g/mol. The smallest absolute Gasteiger partial charge is 0.343 e. The fourth-order valence-corrected chi connectivity index (χ4v) is 3.49. The zero-order valence-corrected chi connectivity index (χ0v) is 23.5. The molecule has 3 aromatic carbocycles. The molecule has 40 heavy (non-hydrogen) atoms. The Labute approximate surface area is 235 Å². The van der Waals surface area contributed by atoms with E-state index in [1.807, 2.05) is 61.9 Å². The van der Waals surface area contributed by atoms with E-state index in [0.29, 0.717) is 47.3 Å². The van der Waals surface area contributed by atoms with E-state index in [1.54, 1.807) is 79.9 Å². The van der Waals surface area contributed by atoms with E-state index in [-0.39, 0.29) is 0 Å². The number of ether oxygens (including phenoxy) is 4. The topological polar surface area (TPSA) is 78.2 Å². The van der Waals surface area contributed by atoms with Crippen LogP contribution < -0.4 is 28.4 Å². The highest BCUT2D eigenvalue weighted by Crippen LogP contribution is 2.21. The van der Waals surface area contributed by atoms with Gasteiger partial charge in [-0.1, -0.05) is 13.8 Å². The lowest BCUT2D eigenvalue weighted by molar-refractivity contribution is -0.697. The van der Waals surface area contributed by atoms with Gasteiger partial charge >= 0.3 is 11.9 Å². The van der Waals surface area contributed by atoms with Gasteiger partial charge < -0.3 is 23.8 Å². The van der Waals surface area contributed by atoms with Crippen molar-refractivity contribution in [1.82, 2.24) is 0 Å². The highest BCUT2D eigenvalue weighted by molar-refractivity contribution is 5.92. The Kier molecular flexibility index (Phi) is 11.1. The van der Waals surface area contributed by atoms with E-state index in [9.17, 15) is 9.59 Å². The van der Waals surface area contributed by atoms with Gasteiger partial charge in [0, 0.05) is 31.9 Å². The van der Waals surface area contributed by atoms with Crippen molar-refractivity contribution in [2.75, 3.05) is 32.7 Å². The molecule has 0 aliphatic carbocycles. The van der Waals surface area contributed by atoms with Crippen LogP contribution in [0, 0.1) is 0 Å². The molecule has 0 spiro atoms. The molecule has 0 aliphatic heterocycles. The van der Waals surface area contributed by atoms with E-state index in [2.05, 4.69) is 0 Å². The van der Waals surface area contributed by atoms with Gasteiger partial charge in [-0.25, -0.2) is 14.2 Å². The van der Waals surface area contributed by atoms with Gasteiger partial charge in [-0.15, -0.1) is 0 Å². The number of carbonyl (C=O) groups excluding carboxylic acids is 2. The number of pyridine rings is 1. The summed E-state index contributed by atoms with van der Waals surface area (Å²) in [4.78, 5) is 26.9. The van der Waals surface area contributed by atoms with Gasteiger partial charge in [0.05, 0.1) is 18.2 Å². The maximum atomic E-state index is 12.5. The first-order valence-corrected chi connectivity index (χ1v) is 13.0. The summed E-state index contributed by atoms with van der Waals surface area (Å²) in [6, 6.07) is 23.7. The Morgan fingerprint density at radius 3 is 1.50 bits per heavy atom.